The summed E-state index contributed by atoms with van der Waals surface area (Å²) in [6, 6.07) is 13.8. The Morgan fingerprint density at radius 3 is 2.40 bits per heavy atom. The van der Waals surface area contributed by atoms with Crippen molar-refractivity contribution in [2.45, 2.75) is 59.0 Å². The number of hydrogen-bond acceptors (Lipinski definition) is 4. The number of aryl methyl sites for hydroxylation is 1. The van der Waals surface area contributed by atoms with Gasteiger partial charge in [-0.25, -0.2) is 4.79 Å². The minimum absolute atomic E-state index is 0.220. The summed E-state index contributed by atoms with van der Waals surface area (Å²) in [4.78, 5) is 30.1. The molecule has 7 heteroatoms. The molecule has 35 heavy (non-hydrogen) atoms. The van der Waals surface area contributed by atoms with Gasteiger partial charge in [0.25, 0.3) is 5.91 Å². The molecule has 2 amide bonds. The summed E-state index contributed by atoms with van der Waals surface area (Å²) in [6.07, 6.45) is 2.19. The van der Waals surface area contributed by atoms with E-state index in [1.54, 1.807) is 6.07 Å². The number of carbonyl (C=O) groups is 2. The zero-order valence-electron chi connectivity index (χ0n) is 20.8. The van der Waals surface area contributed by atoms with E-state index in [2.05, 4.69) is 24.3 Å². The first-order valence-electron chi connectivity index (χ1n) is 12.0. The van der Waals surface area contributed by atoms with E-state index in [1.807, 2.05) is 39.8 Å². The van der Waals surface area contributed by atoms with E-state index >= 15 is 0 Å². The smallest absolute Gasteiger partial charge is 0.408 e. The normalized spacial score (nSPS) is 13.6. The van der Waals surface area contributed by atoms with Crippen molar-refractivity contribution in [3.05, 3.63) is 59.3 Å². The fourth-order valence-corrected chi connectivity index (χ4v) is 4.31. The summed E-state index contributed by atoms with van der Waals surface area (Å²) in [5.41, 5.74) is 10.4. The van der Waals surface area contributed by atoms with Gasteiger partial charge in [0.05, 0.1) is 12.1 Å². The standard InChI is InChI=1S/C28H33N3O4/c1-17-5-9-19(10-6-17)26-21-14-20(35-16-25(29)32)11-12-23(21)30-24(13-18-7-8-18)22(26)15-31(27(33)34)28(2,3)4/h5-6,9-12,14,18H,7-8,13,15-16H2,1-4H3,(H2,29,32)(H,33,34). The van der Waals surface area contributed by atoms with Crippen molar-refractivity contribution >= 4 is 22.9 Å². The third-order valence-electron chi connectivity index (χ3n) is 6.40. The Morgan fingerprint density at radius 2 is 1.83 bits per heavy atom. The lowest BCUT2D eigenvalue weighted by atomic mass is 9.91. The summed E-state index contributed by atoms with van der Waals surface area (Å²) < 4.78 is 5.60. The molecule has 3 N–H and O–H groups in total. The highest BCUT2D eigenvalue weighted by Crippen LogP contribution is 2.40. The van der Waals surface area contributed by atoms with Crippen LogP contribution in [-0.4, -0.2) is 39.1 Å². The number of pyridine rings is 1. The van der Waals surface area contributed by atoms with Crippen LogP contribution in [0.25, 0.3) is 22.0 Å². The van der Waals surface area contributed by atoms with Crippen LogP contribution in [-0.2, 0) is 17.8 Å². The SMILES string of the molecule is Cc1ccc(-c2c(CN(C(=O)O)C(C)(C)C)c(CC3CC3)nc3ccc(OCC(N)=O)cc23)cc1. The molecular weight excluding hydrogens is 442 g/mol. The number of hydrogen-bond donors (Lipinski definition) is 2. The zero-order valence-corrected chi connectivity index (χ0v) is 20.8. The number of rotatable bonds is 8. The van der Waals surface area contributed by atoms with Crippen LogP contribution in [0.3, 0.4) is 0 Å². The average molecular weight is 476 g/mol. The summed E-state index contributed by atoms with van der Waals surface area (Å²) in [7, 11) is 0. The Labute approximate surface area is 205 Å². The van der Waals surface area contributed by atoms with Crippen LogP contribution in [0.4, 0.5) is 4.79 Å². The van der Waals surface area contributed by atoms with Gasteiger partial charge in [0.2, 0.25) is 0 Å². The highest BCUT2D eigenvalue weighted by molar-refractivity contribution is 5.97. The molecule has 4 rings (SSSR count). The van der Waals surface area contributed by atoms with Gasteiger partial charge in [-0.3, -0.25) is 14.7 Å². The highest BCUT2D eigenvalue weighted by Gasteiger charge is 2.31. The Kier molecular flexibility index (Phi) is 6.70. The molecule has 1 heterocycles. The molecule has 0 radical (unpaired) electrons. The molecule has 1 saturated carbocycles. The number of fused-ring (bicyclic) bond motifs is 1. The molecule has 1 aromatic heterocycles. The van der Waals surface area contributed by atoms with E-state index in [-0.39, 0.29) is 13.2 Å². The van der Waals surface area contributed by atoms with E-state index in [9.17, 15) is 14.7 Å². The lowest BCUT2D eigenvalue weighted by Crippen LogP contribution is -2.44. The third-order valence-corrected chi connectivity index (χ3v) is 6.40. The minimum Gasteiger partial charge on any atom is -0.484 e. The number of carbonyl (C=O) groups excluding carboxylic acids is 1. The predicted octanol–water partition coefficient (Wildman–Crippen LogP) is 5.31. The molecule has 1 fully saturated rings. The summed E-state index contributed by atoms with van der Waals surface area (Å²) in [6.45, 7) is 7.74. The Balaban J connectivity index is 1.97. The maximum absolute atomic E-state index is 12.3. The van der Waals surface area contributed by atoms with E-state index < -0.39 is 17.5 Å². The number of primary amides is 1. The Bertz CT molecular complexity index is 1260. The number of nitrogens with zero attached hydrogens (tertiary/aromatic N) is 2. The molecular formula is C28H33N3O4. The van der Waals surface area contributed by atoms with Crippen LogP contribution >= 0.6 is 0 Å². The van der Waals surface area contributed by atoms with Gasteiger partial charge >= 0.3 is 6.09 Å². The van der Waals surface area contributed by atoms with Gasteiger partial charge in [0.15, 0.2) is 6.61 Å². The number of nitrogens with two attached hydrogens (primary N) is 1. The summed E-state index contributed by atoms with van der Waals surface area (Å²) in [5, 5.41) is 10.9. The van der Waals surface area contributed by atoms with E-state index in [4.69, 9.17) is 15.5 Å². The maximum Gasteiger partial charge on any atom is 0.408 e. The molecule has 0 atom stereocenters. The maximum atomic E-state index is 12.3. The monoisotopic (exact) mass is 475 g/mol. The van der Waals surface area contributed by atoms with Crippen LogP contribution in [0.5, 0.6) is 5.75 Å². The largest absolute Gasteiger partial charge is 0.484 e. The number of ether oxygens (including phenoxy) is 1. The molecule has 7 nitrogen and oxygen atoms in total. The van der Waals surface area contributed by atoms with Crippen molar-refractivity contribution in [3.63, 3.8) is 0 Å². The third kappa shape index (κ3) is 5.73. The molecule has 0 saturated heterocycles. The van der Waals surface area contributed by atoms with Gasteiger partial charge in [-0.05, 0) is 82.2 Å². The van der Waals surface area contributed by atoms with Crippen molar-refractivity contribution in [2.24, 2.45) is 11.7 Å². The number of aromatic nitrogens is 1. The van der Waals surface area contributed by atoms with E-state index in [0.717, 1.165) is 45.3 Å². The van der Waals surface area contributed by atoms with E-state index in [0.29, 0.717) is 11.7 Å². The summed E-state index contributed by atoms with van der Waals surface area (Å²) in [5.74, 6) is 0.540. The molecule has 0 aliphatic heterocycles. The van der Waals surface area contributed by atoms with Crippen LogP contribution in [0, 0.1) is 12.8 Å². The Hall–Kier alpha value is -3.61. The quantitative estimate of drug-likeness (QED) is 0.460. The van der Waals surface area contributed by atoms with Crippen LogP contribution in [0.15, 0.2) is 42.5 Å². The fourth-order valence-electron chi connectivity index (χ4n) is 4.31. The average Bonchev–Trinajstić information content (AvgIpc) is 3.59. The van der Waals surface area contributed by atoms with Crippen molar-refractivity contribution in [3.8, 4) is 16.9 Å². The van der Waals surface area contributed by atoms with Gasteiger partial charge in [-0.15, -0.1) is 0 Å². The van der Waals surface area contributed by atoms with Crippen molar-refractivity contribution in [2.75, 3.05) is 6.61 Å². The van der Waals surface area contributed by atoms with Gasteiger partial charge in [-0.2, -0.15) is 0 Å². The number of carboxylic acid groups (broad SMARTS) is 1. The molecule has 0 bridgehead atoms. The van der Waals surface area contributed by atoms with Crippen LogP contribution < -0.4 is 10.5 Å². The molecule has 0 spiro atoms. The zero-order chi connectivity index (χ0) is 25.3. The second-order valence-corrected chi connectivity index (χ2v) is 10.4. The molecule has 0 unspecified atom stereocenters. The number of amides is 2. The first kappa shape index (κ1) is 24.5. The van der Waals surface area contributed by atoms with Gasteiger partial charge < -0.3 is 15.6 Å². The topological polar surface area (TPSA) is 106 Å². The second kappa shape index (κ2) is 9.56. The van der Waals surface area contributed by atoms with Crippen LogP contribution in [0.1, 0.15) is 50.4 Å². The lowest BCUT2D eigenvalue weighted by Gasteiger charge is -2.34. The van der Waals surface area contributed by atoms with Gasteiger partial charge in [0.1, 0.15) is 5.75 Å². The fraction of sp³-hybridized carbons (Fsp3) is 0.393. The lowest BCUT2D eigenvalue weighted by molar-refractivity contribution is -0.119. The molecule has 1 aliphatic rings. The van der Waals surface area contributed by atoms with Crippen LogP contribution in [0.2, 0.25) is 0 Å². The predicted molar refractivity (Wildman–Crippen MR) is 136 cm³/mol. The van der Waals surface area contributed by atoms with Crippen molar-refractivity contribution < 1.29 is 19.4 Å². The Morgan fingerprint density at radius 1 is 1.14 bits per heavy atom. The minimum atomic E-state index is -0.969. The molecule has 2 aromatic carbocycles. The first-order valence-corrected chi connectivity index (χ1v) is 12.0. The first-order chi connectivity index (χ1) is 16.5. The summed E-state index contributed by atoms with van der Waals surface area (Å²) >= 11 is 0. The van der Waals surface area contributed by atoms with E-state index in [1.165, 1.54) is 17.7 Å². The van der Waals surface area contributed by atoms with Crippen molar-refractivity contribution in [1.82, 2.24) is 9.88 Å². The van der Waals surface area contributed by atoms with Gasteiger partial charge in [0, 0.05) is 22.2 Å². The molecule has 3 aromatic rings. The second-order valence-electron chi connectivity index (χ2n) is 10.4. The van der Waals surface area contributed by atoms with Crippen molar-refractivity contribution in [1.29, 1.82) is 0 Å². The highest BCUT2D eigenvalue weighted by atomic mass is 16.5. The number of benzene rings is 2. The van der Waals surface area contributed by atoms with Gasteiger partial charge in [-0.1, -0.05) is 29.8 Å². The molecule has 1 aliphatic carbocycles. The molecule has 184 valence electrons.